The highest BCUT2D eigenvalue weighted by atomic mass is 32.1. The zero-order valence-corrected chi connectivity index (χ0v) is 10.8. The summed E-state index contributed by atoms with van der Waals surface area (Å²) in [4.78, 5) is 20.6. The molecule has 6 heteroatoms. The van der Waals surface area contributed by atoms with Crippen molar-refractivity contribution in [3.8, 4) is 0 Å². The Bertz CT molecular complexity index is 769. The van der Waals surface area contributed by atoms with Gasteiger partial charge >= 0.3 is 0 Å². The van der Waals surface area contributed by atoms with Crippen molar-refractivity contribution in [2.24, 2.45) is 0 Å². The van der Waals surface area contributed by atoms with Crippen molar-refractivity contribution >= 4 is 21.6 Å². The minimum absolute atomic E-state index is 0.0385. The summed E-state index contributed by atoms with van der Waals surface area (Å²) in [5, 5.41) is 1.87. The SMILES string of the molecule is Cc1nc(C)c(Cn2cnc3ccsc3c2=O)o1. The highest BCUT2D eigenvalue weighted by Crippen LogP contribution is 2.15. The Kier molecular flexibility index (Phi) is 2.52. The summed E-state index contributed by atoms with van der Waals surface area (Å²) in [7, 11) is 0. The lowest BCUT2D eigenvalue weighted by atomic mass is 10.3. The second-order valence-electron chi connectivity index (χ2n) is 4.05. The second-order valence-corrected chi connectivity index (χ2v) is 4.97. The molecule has 0 aliphatic heterocycles. The Morgan fingerprint density at radius 1 is 1.44 bits per heavy atom. The van der Waals surface area contributed by atoms with E-state index in [4.69, 9.17) is 4.42 Å². The molecule has 3 aromatic rings. The van der Waals surface area contributed by atoms with Gasteiger partial charge in [0.15, 0.2) is 5.89 Å². The summed E-state index contributed by atoms with van der Waals surface area (Å²) >= 11 is 1.41. The van der Waals surface area contributed by atoms with Gasteiger partial charge in [-0.05, 0) is 18.4 Å². The third kappa shape index (κ3) is 1.74. The Morgan fingerprint density at radius 2 is 2.28 bits per heavy atom. The molecule has 92 valence electrons. The van der Waals surface area contributed by atoms with Crippen molar-refractivity contribution in [1.82, 2.24) is 14.5 Å². The molecule has 0 fully saturated rings. The smallest absolute Gasteiger partial charge is 0.271 e. The van der Waals surface area contributed by atoms with E-state index < -0.39 is 0 Å². The van der Waals surface area contributed by atoms with E-state index in [1.54, 1.807) is 17.8 Å². The summed E-state index contributed by atoms with van der Waals surface area (Å²) in [5.41, 5.74) is 1.51. The van der Waals surface area contributed by atoms with Gasteiger partial charge < -0.3 is 4.42 Å². The lowest BCUT2D eigenvalue weighted by molar-refractivity contribution is 0.458. The van der Waals surface area contributed by atoms with Gasteiger partial charge in [0.1, 0.15) is 10.5 Å². The summed E-state index contributed by atoms with van der Waals surface area (Å²) in [6, 6.07) is 1.84. The number of hydrogen-bond acceptors (Lipinski definition) is 5. The van der Waals surface area contributed by atoms with E-state index in [0.717, 1.165) is 11.2 Å². The molecule has 0 N–H and O–H groups in total. The molecular formula is C12H11N3O2S. The largest absolute Gasteiger partial charge is 0.444 e. The minimum Gasteiger partial charge on any atom is -0.444 e. The van der Waals surface area contributed by atoms with E-state index >= 15 is 0 Å². The molecule has 18 heavy (non-hydrogen) atoms. The van der Waals surface area contributed by atoms with Crippen LogP contribution in [0.4, 0.5) is 0 Å². The van der Waals surface area contributed by atoms with E-state index in [9.17, 15) is 4.79 Å². The number of fused-ring (bicyclic) bond motifs is 1. The number of nitrogens with zero attached hydrogens (tertiary/aromatic N) is 3. The maximum absolute atomic E-state index is 12.2. The standard InChI is InChI=1S/C12H11N3O2S/c1-7-10(17-8(2)14-7)5-15-6-13-9-3-4-18-11(9)12(15)16/h3-4,6H,5H2,1-2H3. The average molecular weight is 261 g/mol. The number of aryl methyl sites for hydroxylation is 2. The summed E-state index contributed by atoms with van der Waals surface area (Å²) < 4.78 is 7.69. The molecule has 0 amide bonds. The van der Waals surface area contributed by atoms with E-state index in [-0.39, 0.29) is 5.56 Å². The summed E-state index contributed by atoms with van der Waals surface area (Å²) in [5.74, 6) is 1.31. The Hall–Kier alpha value is -1.95. The molecule has 0 radical (unpaired) electrons. The molecule has 0 saturated carbocycles. The van der Waals surface area contributed by atoms with Gasteiger partial charge in [-0.2, -0.15) is 0 Å². The molecule has 0 bridgehead atoms. The van der Waals surface area contributed by atoms with Crippen LogP contribution in [0.5, 0.6) is 0 Å². The van der Waals surface area contributed by atoms with Gasteiger partial charge in [0, 0.05) is 6.92 Å². The van der Waals surface area contributed by atoms with E-state index in [1.807, 2.05) is 18.4 Å². The van der Waals surface area contributed by atoms with Crippen LogP contribution in [0.2, 0.25) is 0 Å². The van der Waals surface area contributed by atoms with Gasteiger partial charge in [-0.3, -0.25) is 9.36 Å². The van der Waals surface area contributed by atoms with Gasteiger partial charge in [0.05, 0.1) is 24.1 Å². The van der Waals surface area contributed by atoms with Crippen LogP contribution in [0, 0.1) is 13.8 Å². The molecule has 0 unspecified atom stereocenters. The molecule has 0 spiro atoms. The van der Waals surface area contributed by atoms with Crippen molar-refractivity contribution in [1.29, 1.82) is 0 Å². The molecule has 0 aromatic carbocycles. The quantitative estimate of drug-likeness (QED) is 0.709. The third-order valence-electron chi connectivity index (χ3n) is 2.75. The molecule has 3 aromatic heterocycles. The Balaban J connectivity index is 2.07. The molecule has 0 saturated heterocycles. The first kappa shape index (κ1) is 11.2. The number of rotatable bonds is 2. The minimum atomic E-state index is -0.0385. The normalized spacial score (nSPS) is 11.2. The fraction of sp³-hybridized carbons (Fsp3) is 0.250. The maximum Gasteiger partial charge on any atom is 0.271 e. The molecule has 3 heterocycles. The van der Waals surface area contributed by atoms with Gasteiger partial charge in [-0.1, -0.05) is 0 Å². The van der Waals surface area contributed by atoms with Crippen molar-refractivity contribution in [2.45, 2.75) is 20.4 Å². The first-order valence-electron chi connectivity index (χ1n) is 5.50. The van der Waals surface area contributed by atoms with Crippen LogP contribution >= 0.6 is 11.3 Å². The van der Waals surface area contributed by atoms with Crippen molar-refractivity contribution < 1.29 is 4.42 Å². The van der Waals surface area contributed by atoms with E-state index in [2.05, 4.69) is 9.97 Å². The van der Waals surface area contributed by atoms with Crippen molar-refractivity contribution in [3.63, 3.8) is 0 Å². The number of thiophene rings is 1. The molecule has 0 aliphatic rings. The highest BCUT2D eigenvalue weighted by molar-refractivity contribution is 7.17. The van der Waals surface area contributed by atoms with Crippen LogP contribution in [-0.4, -0.2) is 14.5 Å². The van der Waals surface area contributed by atoms with Crippen LogP contribution in [0.1, 0.15) is 17.3 Å². The molecule has 0 aliphatic carbocycles. The van der Waals surface area contributed by atoms with Crippen LogP contribution in [0.3, 0.4) is 0 Å². The Labute approximate surface area is 107 Å². The predicted octanol–water partition coefficient (Wildman–Crippen LogP) is 2.11. The van der Waals surface area contributed by atoms with Crippen LogP contribution in [0.15, 0.2) is 27.0 Å². The Morgan fingerprint density at radius 3 is 3.00 bits per heavy atom. The third-order valence-corrected chi connectivity index (χ3v) is 3.64. The first-order valence-corrected chi connectivity index (χ1v) is 6.38. The fourth-order valence-corrected chi connectivity index (χ4v) is 2.66. The zero-order chi connectivity index (χ0) is 12.7. The summed E-state index contributed by atoms with van der Waals surface area (Å²) in [6.07, 6.45) is 1.55. The maximum atomic E-state index is 12.2. The second kappa shape index (κ2) is 4.06. The number of oxazole rings is 1. The van der Waals surface area contributed by atoms with Crippen LogP contribution < -0.4 is 5.56 Å². The van der Waals surface area contributed by atoms with Gasteiger partial charge in [-0.25, -0.2) is 9.97 Å². The molecule has 5 nitrogen and oxygen atoms in total. The first-order chi connectivity index (χ1) is 8.65. The molecule has 0 atom stereocenters. The molecular weight excluding hydrogens is 250 g/mol. The van der Waals surface area contributed by atoms with Crippen molar-refractivity contribution in [3.05, 3.63) is 45.5 Å². The highest BCUT2D eigenvalue weighted by Gasteiger charge is 2.10. The van der Waals surface area contributed by atoms with Gasteiger partial charge in [0.2, 0.25) is 0 Å². The zero-order valence-electron chi connectivity index (χ0n) is 10.0. The van der Waals surface area contributed by atoms with Crippen LogP contribution in [-0.2, 0) is 6.54 Å². The topological polar surface area (TPSA) is 60.9 Å². The number of hydrogen-bond donors (Lipinski definition) is 0. The average Bonchev–Trinajstić information content (AvgIpc) is 2.90. The van der Waals surface area contributed by atoms with E-state index in [0.29, 0.717) is 22.9 Å². The summed E-state index contributed by atoms with van der Waals surface area (Å²) in [6.45, 7) is 4.03. The monoisotopic (exact) mass is 261 g/mol. The van der Waals surface area contributed by atoms with Gasteiger partial charge in [0.25, 0.3) is 5.56 Å². The predicted molar refractivity (Wildman–Crippen MR) is 69.0 cm³/mol. The lowest BCUT2D eigenvalue weighted by Gasteiger charge is -2.02. The van der Waals surface area contributed by atoms with E-state index in [1.165, 1.54) is 11.3 Å². The molecule has 3 rings (SSSR count). The lowest BCUT2D eigenvalue weighted by Crippen LogP contribution is -2.20. The number of aromatic nitrogens is 3. The fourth-order valence-electron chi connectivity index (χ4n) is 1.87. The van der Waals surface area contributed by atoms with Gasteiger partial charge in [-0.15, -0.1) is 11.3 Å². The van der Waals surface area contributed by atoms with Crippen molar-refractivity contribution in [2.75, 3.05) is 0 Å². The van der Waals surface area contributed by atoms with Crippen LogP contribution in [0.25, 0.3) is 10.2 Å².